The van der Waals surface area contributed by atoms with Gasteiger partial charge in [0.2, 0.25) is 0 Å². The van der Waals surface area contributed by atoms with Crippen LogP contribution in [0.1, 0.15) is 17.2 Å². The van der Waals surface area contributed by atoms with E-state index in [0.717, 1.165) is 10.0 Å². The third-order valence-electron chi connectivity index (χ3n) is 2.77. The number of methoxy groups -OCH3 is 1. The summed E-state index contributed by atoms with van der Waals surface area (Å²) >= 11 is 3.44. The van der Waals surface area contributed by atoms with Crippen LogP contribution in [0.25, 0.3) is 0 Å². The maximum absolute atomic E-state index is 13.3. The van der Waals surface area contributed by atoms with Crippen molar-refractivity contribution in [2.75, 3.05) is 7.11 Å². The van der Waals surface area contributed by atoms with Crippen LogP contribution in [0.5, 0.6) is 5.75 Å². The van der Waals surface area contributed by atoms with Gasteiger partial charge in [-0.05, 0) is 29.8 Å². The molecule has 0 aliphatic carbocycles. The molecule has 1 atom stereocenters. The van der Waals surface area contributed by atoms with Gasteiger partial charge in [-0.15, -0.1) is 0 Å². The van der Waals surface area contributed by atoms with E-state index < -0.39 is 6.04 Å². The number of rotatable bonds is 3. The summed E-state index contributed by atoms with van der Waals surface area (Å²) in [6, 6.07) is 11.5. The second kappa shape index (κ2) is 5.50. The molecule has 0 spiro atoms. The third kappa shape index (κ3) is 2.54. The summed E-state index contributed by atoms with van der Waals surface area (Å²) in [5, 5.41) is 0. The lowest BCUT2D eigenvalue weighted by Gasteiger charge is -2.17. The molecule has 4 heteroatoms. The van der Waals surface area contributed by atoms with E-state index in [1.165, 1.54) is 12.1 Å². The van der Waals surface area contributed by atoms with Gasteiger partial charge >= 0.3 is 0 Å². The number of ether oxygens (including phenoxy) is 1. The van der Waals surface area contributed by atoms with Gasteiger partial charge in [0.15, 0.2) is 0 Å². The minimum absolute atomic E-state index is 0.326. The molecule has 0 aliphatic rings. The Labute approximate surface area is 114 Å². The second-order valence-corrected chi connectivity index (χ2v) is 4.74. The Morgan fingerprint density at radius 2 is 1.89 bits per heavy atom. The van der Waals surface area contributed by atoms with Crippen LogP contribution in [0.3, 0.4) is 0 Å². The topological polar surface area (TPSA) is 35.2 Å². The monoisotopic (exact) mass is 309 g/mol. The molecule has 94 valence electrons. The summed E-state index contributed by atoms with van der Waals surface area (Å²) in [6.45, 7) is 0. The van der Waals surface area contributed by atoms with Gasteiger partial charge in [-0.25, -0.2) is 4.39 Å². The number of hydrogen-bond donors (Lipinski definition) is 1. The Kier molecular flexibility index (Phi) is 3.99. The first-order valence-electron chi connectivity index (χ1n) is 5.47. The molecule has 0 amide bonds. The van der Waals surface area contributed by atoms with Crippen molar-refractivity contribution in [3.05, 3.63) is 63.9 Å². The molecule has 0 aliphatic heterocycles. The van der Waals surface area contributed by atoms with E-state index in [1.807, 2.05) is 24.3 Å². The molecular weight excluding hydrogens is 297 g/mol. The van der Waals surface area contributed by atoms with Crippen LogP contribution < -0.4 is 10.5 Å². The summed E-state index contributed by atoms with van der Waals surface area (Å²) < 4.78 is 19.5. The molecule has 1 unspecified atom stereocenters. The lowest BCUT2D eigenvalue weighted by molar-refractivity contribution is 0.406. The van der Waals surface area contributed by atoms with Gasteiger partial charge in [0.05, 0.1) is 13.2 Å². The fraction of sp³-hybridized carbons (Fsp3) is 0.143. The normalized spacial score (nSPS) is 12.2. The Morgan fingerprint density at radius 1 is 1.17 bits per heavy atom. The average molecular weight is 310 g/mol. The first-order chi connectivity index (χ1) is 8.63. The quantitative estimate of drug-likeness (QED) is 0.939. The molecule has 0 aromatic heterocycles. The largest absolute Gasteiger partial charge is 0.496 e. The van der Waals surface area contributed by atoms with Crippen molar-refractivity contribution in [1.29, 1.82) is 0 Å². The molecule has 0 radical (unpaired) electrons. The Hall–Kier alpha value is -1.39. The highest BCUT2D eigenvalue weighted by atomic mass is 79.9. The smallest absolute Gasteiger partial charge is 0.124 e. The first kappa shape index (κ1) is 13.1. The molecule has 2 rings (SSSR count). The summed E-state index contributed by atoms with van der Waals surface area (Å²) in [4.78, 5) is 0. The van der Waals surface area contributed by atoms with Gasteiger partial charge < -0.3 is 10.5 Å². The molecule has 0 saturated carbocycles. The highest BCUT2D eigenvalue weighted by Crippen LogP contribution is 2.32. The Bertz CT molecular complexity index is 559. The van der Waals surface area contributed by atoms with E-state index in [2.05, 4.69) is 15.9 Å². The number of hydrogen-bond acceptors (Lipinski definition) is 2. The van der Waals surface area contributed by atoms with Crippen LogP contribution in [0.2, 0.25) is 0 Å². The summed E-state index contributed by atoms with van der Waals surface area (Å²) in [7, 11) is 1.55. The zero-order chi connectivity index (χ0) is 13.1. The number of benzene rings is 2. The van der Waals surface area contributed by atoms with E-state index in [-0.39, 0.29) is 5.82 Å². The molecule has 0 heterocycles. The molecule has 18 heavy (non-hydrogen) atoms. The summed E-state index contributed by atoms with van der Waals surface area (Å²) in [5.41, 5.74) is 7.70. The van der Waals surface area contributed by atoms with Crippen LogP contribution in [-0.4, -0.2) is 7.11 Å². The summed E-state index contributed by atoms with van der Waals surface area (Å²) in [6.07, 6.45) is 0. The number of nitrogens with two attached hydrogens (primary N) is 1. The Balaban J connectivity index is 2.48. The van der Waals surface area contributed by atoms with Gasteiger partial charge in [-0.1, -0.05) is 34.1 Å². The van der Waals surface area contributed by atoms with E-state index in [0.29, 0.717) is 11.3 Å². The van der Waals surface area contributed by atoms with E-state index >= 15 is 0 Å². The van der Waals surface area contributed by atoms with Crippen molar-refractivity contribution < 1.29 is 9.13 Å². The minimum atomic E-state index is -0.439. The standard InChI is InChI=1S/C14H13BrFNO/c1-18-13-7-6-9(16)8-11(13)14(17)10-4-2-3-5-12(10)15/h2-8,14H,17H2,1H3. The molecule has 2 aromatic carbocycles. The van der Waals surface area contributed by atoms with Crippen LogP contribution in [0.4, 0.5) is 4.39 Å². The zero-order valence-corrected chi connectivity index (χ0v) is 11.4. The molecule has 2 aromatic rings. The van der Waals surface area contributed by atoms with Crippen molar-refractivity contribution in [3.63, 3.8) is 0 Å². The molecular formula is C14H13BrFNO. The highest BCUT2D eigenvalue weighted by Gasteiger charge is 2.16. The maximum Gasteiger partial charge on any atom is 0.124 e. The predicted octanol–water partition coefficient (Wildman–Crippen LogP) is 3.64. The van der Waals surface area contributed by atoms with Crippen LogP contribution in [0, 0.1) is 5.82 Å². The van der Waals surface area contributed by atoms with Crippen LogP contribution in [0.15, 0.2) is 46.9 Å². The average Bonchev–Trinajstić information content (AvgIpc) is 2.38. The first-order valence-corrected chi connectivity index (χ1v) is 6.26. The second-order valence-electron chi connectivity index (χ2n) is 3.89. The molecule has 0 fully saturated rings. The minimum Gasteiger partial charge on any atom is -0.496 e. The summed E-state index contributed by atoms with van der Waals surface area (Å²) in [5.74, 6) is 0.257. The Morgan fingerprint density at radius 3 is 2.56 bits per heavy atom. The van der Waals surface area contributed by atoms with Crippen LogP contribution in [-0.2, 0) is 0 Å². The van der Waals surface area contributed by atoms with Crippen molar-refractivity contribution in [3.8, 4) is 5.75 Å². The lowest BCUT2D eigenvalue weighted by atomic mass is 9.98. The van der Waals surface area contributed by atoms with Crippen LogP contribution >= 0.6 is 15.9 Å². The molecule has 0 bridgehead atoms. The van der Waals surface area contributed by atoms with E-state index in [1.54, 1.807) is 13.2 Å². The SMILES string of the molecule is COc1ccc(F)cc1C(N)c1ccccc1Br. The fourth-order valence-corrected chi connectivity index (χ4v) is 2.37. The van der Waals surface area contributed by atoms with Crippen molar-refractivity contribution >= 4 is 15.9 Å². The fourth-order valence-electron chi connectivity index (χ4n) is 1.84. The van der Waals surface area contributed by atoms with Gasteiger partial charge in [-0.2, -0.15) is 0 Å². The van der Waals surface area contributed by atoms with Crippen molar-refractivity contribution in [1.82, 2.24) is 0 Å². The van der Waals surface area contributed by atoms with Crippen molar-refractivity contribution in [2.24, 2.45) is 5.73 Å². The van der Waals surface area contributed by atoms with Gasteiger partial charge in [-0.3, -0.25) is 0 Å². The third-order valence-corrected chi connectivity index (χ3v) is 3.49. The zero-order valence-electron chi connectivity index (χ0n) is 9.86. The van der Waals surface area contributed by atoms with Gasteiger partial charge in [0.1, 0.15) is 11.6 Å². The lowest BCUT2D eigenvalue weighted by Crippen LogP contribution is -2.14. The highest BCUT2D eigenvalue weighted by molar-refractivity contribution is 9.10. The molecule has 2 N–H and O–H groups in total. The van der Waals surface area contributed by atoms with Crippen molar-refractivity contribution in [2.45, 2.75) is 6.04 Å². The van der Waals surface area contributed by atoms with E-state index in [4.69, 9.17) is 10.5 Å². The predicted molar refractivity (Wildman–Crippen MR) is 73.1 cm³/mol. The van der Waals surface area contributed by atoms with E-state index in [9.17, 15) is 4.39 Å². The molecule has 2 nitrogen and oxygen atoms in total. The van der Waals surface area contributed by atoms with Gasteiger partial charge in [0.25, 0.3) is 0 Å². The van der Waals surface area contributed by atoms with Gasteiger partial charge in [0, 0.05) is 10.0 Å². The number of halogens is 2. The molecule has 0 saturated heterocycles. The maximum atomic E-state index is 13.3.